The molecule has 0 aromatic carbocycles. The maximum absolute atomic E-state index is 6.62. The Balaban J connectivity index is 2.05. The van der Waals surface area contributed by atoms with Gasteiger partial charge in [0.2, 0.25) is 0 Å². The smallest absolute Gasteiger partial charge is 0.0594 e. The molecule has 1 saturated heterocycles. The van der Waals surface area contributed by atoms with E-state index in [0.29, 0.717) is 6.04 Å². The Hall–Kier alpha value is -0.120. The minimum absolute atomic E-state index is 0.165. The second-order valence-corrected chi connectivity index (χ2v) is 5.88. The van der Waals surface area contributed by atoms with E-state index in [2.05, 4.69) is 18.7 Å². The summed E-state index contributed by atoms with van der Waals surface area (Å²) >= 11 is 0. The van der Waals surface area contributed by atoms with Crippen LogP contribution in [0.25, 0.3) is 0 Å². The molecule has 2 rings (SSSR count). The van der Waals surface area contributed by atoms with Crippen molar-refractivity contribution in [2.45, 2.75) is 57.5 Å². The molecular formula is C14H28N2O. The molecule has 3 nitrogen and oxygen atoms in total. The SMILES string of the molecule is CCC(C)(C(N)C1CCCC1)N1CCOCC1. The predicted molar refractivity (Wildman–Crippen MR) is 71.0 cm³/mol. The van der Waals surface area contributed by atoms with E-state index in [1.54, 1.807) is 0 Å². The van der Waals surface area contributed by atoms with Crippen LogP contribution in [-0.4, -0.2) is 42.8 Å². The van der Waals surface area contributed by atoms with Crippen molar-refractivity contribution in [3.05, 3.63) is 0 Å². The highest BCUT2D eigenvalue weighted by molar-refractivity contribution is 4.99. The molecule has 2 fully saturated rings. The maximum atomic E-state index is 6.62. The zero-order valence-corrected chi connectivity index (χ0v) is 11.5. The zero-order valence-electron chi connectivity index (χ0n) is 11.5. The maximum Gasteiger partial charge on any atom is 0.0594 e. The molecule has 1 aliphatic carbocycles. The highest BCUT2D eigenvalue weighted by atomic mass is 16.5. The molecule has 0 bridgehead atoms. The Kier molecular flexibility index (Phi) is 4.45. The molecule has 1 aliphatic heterocycles. The van der Waals surface area contributed by atoms with E-state index in [0.717, 1.165) is 38.6 Å². The Morgan fingerprint density at radius 3 is 2.41 bits per heavy atom. The third-order valence-corrected chi connectivity index (χ3v) is 5.08. The van der Waals surface area contributed by atoms with Crippen LogP contribution in [0.2, 0.25) is 0 Å². The number of hydrogen-bond acceptors (Lipinski definition) is 3. The second kappa shape index (κ2) is 5.68. The van der Waals surface area contributed by atoms with Gasteiger partial charge in [-0.25, -0.2) is 0 Å². The first-order valence-corrected chi connectivity index (χ1v) is 7.27. The van der Waals surface area contributed by atoms with Crippen molar-refractivity contribution >= 4 is 0 Å². The van der Waals surface area contributed by atoms with Crippen LogP contribution in [0.3, 0.4) is 0 Å². The third kappa shape index (κ3) is 2.67. The number of morpholine rings is 1. The summed E-state index contributed by atoms with van der Waals surface area (Å²) in [5.41, 5.74) is 6.78. The highest BCUT2D eigenvalue weighted by Crippen LogP contribution is 2.35. The van der Waals surface area contributed by atoms with Crippen molar-refractivity contribution in [1.82, 2.24) is 4.90 Å². The van der Waals surface area contributed by atoms with Crippen molar-refractivity contribution in [3.8, 4) is 0 Å². The van der Waals surface area contributed by atoms with Crippen LogP contribution in [0, 0.1) is 5.92 Å². The van der Waals surface area contributed by atoms with Gasteiger partial charge >= 0.3 is 0 Å². The van der Waals surface area contributed by atoms with Gasteiger partial charge in [-0.3, -0.25) is 4.90 Å². The molecule has 17 heavy (non-hydrogen) atoms. The van der Waals surface area contributed by atoms with Gasteiger partial charge < -0.3 is 10.5 Å². The first kappa shape index (κ1) is 13.3. The van der Waals surface area contributed by atoms with E-state index in [-0.39, 0.29) is 5.54 Å². The second-order valence-electron chi connectivity index (χ2n) is 5.88. The van der Waals surface area contributed by atoms with E-state index in [4.69, 9.17) is 10.5 Å². The standard InChI is InChI=1S/C14H28N2O/c1-3-14(2,16-8-10-17-11-9-16)13(15)12-6-4-5-7-12/h12-13H,3-11,15H2,1-2H3. The largest absolute Gasteiger partial charge is 0.379 e. The van der Waals surface area contributed by atoms with Gasteiger partial charge in [-0.05, 0) is 32.1 Å². The van der Waals surface area contributed by atoms with Crippen LogP contribution in [0.5, 0.6) is 0 Å². The van der Waals surface area contributed by atoms with Crippen molar-refractivity contribution in [1.29, 1.82) is 0 Å². The number of nitrogens with zero attached hydrogens (tertiary/aromatic N) is 1. The van der Waals surface area contributed by atoms with Crippen LogP contribution in [0.1, 0.15) is 46.0 Å². The molecular weight excluding hydrogens is 212 g/mol. The number of ether oxygens (including phenoxy) is 1. The average molecular weight is 240 g/mol. The summed E-state index contributed by atoms with van der Waals surface area (Å²) in [4.78, 5) is 2.57. The van der Waals surface area contributed by atoms with Crippen molar-refractivity contribution in [2.75, 3.05) is 26.3 Å². The van der Waals surface area contributed by atoms with Gasteiger partial charge in [0.15, 0.2) is 0 Å². The van der Waals surface area contributed by atoms with Crippen LogP contribution >= 0.6 is 0 Å². The molecule has 1 saturated carbocycles. The molecule has 2 aliphatic rings. The lowest BCUT2D eigenvalue weighted by Gasteiger charge is -2.48. The summed E-state index contributed by atoms with van der Waals surface area (Å²) in [7, 11) is 0. The lowest BCUT2D eigenvalue weighted by molar-refractivity contribution is -0.0344. The van der Waals surface area contributed by atoms with Crippen molar-refractivity contribution in [3.63, 3.8) is 0 Å². The molecule has 0 aromatic rings. The fraction of sp³-hybridized carbons (Fsp3) is 1.00. The molecule has 2 atom stereocenters. The van der Waals surface area contributed by atoms with Gasteiger partial charge in [-0.1, -0.05) is 19.8 Å². The van der Waals surface area contributed by atoms with E-state index in [1.807, 2.05) is 0 Å². The molecule has 1 heterocycles. The third-order valence-electron chi connectivity index (χ3n) is 5.08. The van der Waals surface area contributed by atoms with Gasteiger partial charge in [0.25, 0.3) is 0 Å². The van der Waals surface area contributed by atoms with Crippen molar-refractivity contribution < 1.29 is 4.74 Å². The van der Waals surface area contributed by atoms with Crippen LogP contribution in [-0.2, 0) is 4.74 Å². The lowest BCUT2D eigenvalue weighted by atomic mass is 9.79. The summed E-state index contributed by atoms with van der Waals surface area (Å²) in [5, 5.41) is 0. The molecule has 2 unspecified atom stereocenters. The van der Waals surface area contributed by atoms with E-state index >= 15 is 0 Å². The van der Waals surface area contributed by atoms with Gasteiger partial charge in [-0.15, -0.1) is 0 Å². The topological polar surface area (TPSA) is 38.5 Å². The molecule has 3 heteroatoms. The van der Waals surface area contributed by atoms with Crippen molar-refractivity contribution in [2.24, 2.45) is 11.7 Å². The fourth-order valence-electron chi connectivity index (χ4n) is 3.57. The Morgan fingerprint density at radius 1 is 1.29 bits per heavy atom. The first-order valence-electron chi connectivity index (χ1n) is 7.27. The molecule has 2 N–H and O–H groups in total. The summed E-state index contributed by atoms with van der Waals surface area (Å²) in [6.07, 6.45) is 6.56. The van der Waals surface area contributed by atoms with Crippen LogP contribution in [0.15, 0.2) is 0 Å². The highest BCUT2D eigenvalue weighted by Gasteiger charge is 2.41. The van der Waals surface area contributed by atoms with Gasteiger partial charge in [0.05, 0.1) is 13.2 Å². The van der Waals surface area contributed by atoms with E-state index in [9.17, 15) is 0 Å². The first-order chi connectivity index (χ1) is 8.18. The summed E-state index contributed by atoms with van der Waals surface area (Å²) in [6.45, 7) is 8.47. The lowest BCUT2D eigenvalue weighted by Crippen LogP contribution is -2.62. The quantitative estimate of drug-likeness (QED) is 0.817. The molecule has 100 valence electrons. The van der Waals surface area contributed by atoms with Gasteiger partial charge in [-0.2, -0.15) is 0 Å². The summed E-state index contributed by atoms with van der Waals surface area (Å²) in [6, 6.07) is 0.327. The minimum Gasteiger partial charge on any atom is -0.379 e. The Bertz CT molecular complexity index is 234. The molecule has 0 aromatic heterocycles. The predicted octanol–water partition coefficient (Wildman–Crippen LogP) is 2.00. The van der Waals surface area contributed by atoms with Crippen LogP contribution in [0.4, 0.5) is 0 Å². The van der Waals surface area contributed by atoms with Crippen LogP contribution < -0.4 is 5.73 Å². The Morgan fingerprint density at radius 2 is 1.88 bits per heavy atom. The zero-order chi connectivity index (χ0) is 12.3. The van der Waals surface area contributed by atoms with E-state index < -0.39 is 0 Å². The fourth-order valence-corrected chi connectivity index (χ4v) is 3.57. The normalized spacial score (nSPS) is 29.1. The minimum atomic E-state index is 0.165. The number of rotatable bonds is 4. The number of nitrogens with two attached hydrogens (primary N) is 1. The average Bonchev–Trinajstić information content (AvgIpc) is 2.92. The summed E-state index contributed by atoms with van der Waals surface area (Å²) < 4.78 is 5.46. The monoisotopic (exact) mass is 240 g/mol. The number of hydrogen-bond donors (Lipinski definition) is 1. The Labute approximate surface area is 106 Å². The summed E-state index contributed by atoms with van der Waals surface area (Å²) in [5.74, 6) is 0.739. The van der Waals surface area contributed by atoms with E-state index in [1.165, 1.54) is 25.7 Å². The molecule has 0 spiro atoms. The molecule has 0 radical (unpaired) electrons. The van der Waals surface area contributed by atoms with Gasteiger partial charge in [0.1, 0.15) is 0 Å². The molecule has 0 amide bonds. The van der Waals surface area contributed by atoms with Gasteiger partial charge in [0, 0.05) is 24.7 Å².